The maximum Gasteiger partial charge on any atom is 0.283 e. The Labute approximate surface area is 257 Å². The molecule has 0 bridgehead atoms. The number of fused-ring (bicyclic) bond motifs is 2. The second kappa shape index (κ2) is 13.5. The maximum atomic E-state index is 11.7. The molecule has 2 unspecified atom stereocenters. The van der Waals surface area contributed by atoms with Crippen LogP contribution in [-0.2, 0) is 20.2 Å². The zero-order valence-corrected chi connectivity index (χ0v) is 26.3. The fraction of sp³-hybridized carbons (Fsp3) is 0.192. The van der Waals surface area contributed by atoms with Crippen molar-refractivity contribution < 1.29 is 30.8 Å². The summed E-state index contributed by atoms with van der Waals surface area (Å²) in [6.07, 6.45) is 7.71. The van der Waals surface area contributed by atoms with Crippen LogP contribution in [0.4, 0.5) is 11.4 Å². The minimum absolute atomic E-state index is 0.380. The number of hydrogen-bond donors (Lipinski definition) is 2. The van der Waals surface area contributed by atoms with E-state index < -0.39 is 37.4 Å². The number of aromatic nitrogens is 1. The largest absolute Gasteiger partial charge is 0.744 e. The number of halogens is 2. The third-order valence-corrected chi connectivity index (χ3v) is 9.95. The van der Waals surface area contributed by atoms with Crippen LogP contribution in [0, 0.1) is 0 Å². The normalized spacial score (nSPS) is 19.5. The molecule has 0 amide bonds. The molecule has 0 saturated carbocycles. The highest BCUT2D eigenvalue weighted by Crippen LogP contribution is 2.46. The van der Waals surface area contributed by atoms with E-state index in [-0.39, 0.29) is 0 Å². The minimum Gasteiger partial charge on any atom is -0.744 e. The first-order valence-electron chi connectivity index (χ1n) is 12.1. The average molecular weight is 675 g/mol. The highest BCUT2D eigenvalue weighted by Gasteiger charge is 2.35. The summed E-state index contributed by atoms with van der Waals surface area (Å²) in [5, 5.41) is 1.01. The van der Waals surface area contributed by atoms with E-state index in [1.165, 1.54) is 23.5 Å². The molecule has 2 aliphatic heterocycles. The second-order valence-corrected chi connectivity index (χ2v) is 14.8. The van der Waals surface area contributed by atoms with Gasteiger partial charge in [0, 0.05) is 39.5 Å². The number of allylic oxidation sites excluding steroid dienone is 2. The summed E-state index contributed by atoms with van der Waals surface area (Å²) in [7, 11) is -8.88. The van der Waals surface area contributed by atoms with E-state index in [0.717, 1.165) is 15.4 Å². The molecule has 15 heteroatoms. The molecule has 2 N–H and O–H groups in total. The molecule has 218 valence electrons. The van der Waals surface area contributed by atoms with Crippen molar-refractivity contribution in [2.24, 2.45) is 0 Å². The van der Waals surface area contributed by atoms with Crippen molar-refractivity contribution in [3.05, 3.63) is 99.8 Å². The van der Waals surface area contributed by atoms with Crippen molar-refractivity contribution >= 4 is 78.3 Å². The van der Waals surface area contributed by atoms with Gasteiger partial charge in [-0.15, -0.1) is 0 Å². The van der Waals surface area contributed by atoms with Gasteiger partial charge in [-0.3, -0.25) is 14.4 Å². The van der Waals surface area contributed by atoms with Crippen LogP contribution >= 0.6 is 46.7 Å². The molecule has 9 nitrogen and oxygen atoms in total. The minimum atomic E-state index is -4.55. The third-order valence-electron chi connectivity index (χ3n) is 5.84. The summed E-state index contributed by atoms with van der Waals surface area (Å²) in [5.74, 6) is -1.29. The first-order chi connectivity index (χ1) is 19.3. The molecule has 1 aromatic heterocycles. The molecule has 2 aromatic carbocycles. The first-order valence-corrected chi connectivity index (χ1v) is 17.7. The van der Waals surface area contributed by atoms with Crippen molar-refractivity contribution in [2.45, 2.75) is 28.5 Å². The number of nitrogens with one attached hydrogen (secondary N) is 1. The fourth-order valence-corrected chi connectivity index (χ4v) is 8.38. The Hall–Kier alpha value is -2.07. The molecular weight excluding hydrogens is 649 g/mol. The number of benzene rings is 2. The number of thioether (sulfide) groups is 2. The number of anilines is 1. The Morgan fingerprint density at radius 2 is 1.73 bits per heavy atom. The summed E-state index contributed by atoms with van der Waals surface area (Å²) in [6, 6.07) is 16.0. The molecular formula is C26H25Cl2N3O6S4. The molecule has 3 aromatic rings. The topological polar surface area (TPSA) is 132 Å². The predicted molar refractivity (Wildman–Crippen MR) is 163 cm³/mol. The summed E-state index contributed by atoms with van der Waals surface area (Å²) in [6.45, 7) is 1.91. The van der Waals surface area contributed by atoms with Gasteiger partial charge in [-0.1, -0.05) is 48.0 Å². The van der Waals surface area contributed by atoms with Crippen LogP contribution in [0.5, 0.6) is 0 Å². The maximum absolute atomic E-state index is 11.7. The third kappa shape index (κ3) is 8.96. The monoisotopic (exact) mass is 673 g/mol. The predicted octanol–water partition coefficient (Wildman–Crippen LogP) is 5.16. The highest BCUT2D eigenvalue weighted by atomic mass is 35.5. The summed E-state index contributed by atoms with van der Waals surface area (Å²) in [5.41, 5.74) is 1.99. The summed E-state index contributed by atoms with van der Waals surface area (Å²) < 4.78 is 67.9. The molecule has 0 saturated heterocycles. The van der Waals surface area contributed by atoms with Crippen LogP contribution in [-0.4, -0.2) is 48.1 Å². The lowest BCUT2D eigenvalue weighted by molar-refractivity contribution is -0.765. The van der Waals surface area contributed by atoms with Crippen molar-refractivity contribution in [1.29, 1.82) is 0 Å². The Morgan fingerprint density at radius 3 is 2.29 bits per heavy atom. The molecule has 2 aliphatic rings. The van der Waals surface area contributed by atoms with Crippen molar-refractivity contribution in [3.8, 4) is 0 Å². The first kappa shape index (κ1) is 31.9. The Kier molecular flexibility index (Phi) is 10.5. The van der Waals surface area contributed by atoms with E-state index in [1.54, 1.807) is 59.8 Å². The van der Waals surface area contributed by atoms with Crippen LogP contribution in [0.15, 0.2) is 99.5 Å². The van der Waals surface area contributed by atoms with Gasteiger partial charge in [0.2, 0.25) is 0 Å². The van der Waals surface area contributed by atoms with Crippen LogP contribution in [0.2, 0.25) is 10.0 Å². The van der Waals surface area contributed by atoms with E-state index in [0.29, 0.717) is 37.8 Å². The molecule has 0 aliphatic carbocycles. The molecule has 0 fully saturated rings. The lowest BCUT2D eigenvalue weighted by atomic mass is 10.1. The molecule has 41 heavy (non-hydrogen) atoms. The van der Waals surface area contributed by atoms with E-state index >= 15 is 0 Å². The van der Waals surface area contributed by atoms with Gasteiger partial charge in [-0.2, -0.15) is 8.42 Å². The van der Waals surface area contributed by atoms with Crippen molar-refractivity contribution in [2.75, 3.05) is 16.7 Å². The smallest absolute Gasteiger partial charge is 0.283 e. The fourth-order valence-electron chi connectivity index (χ4n) is 4.10. The van der Waals surface area contributed by atoms with E-state index in [2.05, 4.69) is 4.98 Å². The lowest BCUT2D eigenvalue weighted by Crippen LogP contribution is -3.04. The molecule has 5 rings (SSSR count). The number of nitrogens with zero attached hydrogens (tertiary/aromatic N) is 2. The van der Waals surface area contributed by atoms with Gasteiger partial charge in [-0.25, -0.2) is 8.42 Å². The van der Waals surface area contributed by atoms with Crippen LogP contribution in [0.1, 0.15) is 13.3 Å². The Balaban J connectivity index is 0.000000572. The number of pyridine rings is 1. The lowest BCUT2D eigenvalue weighted by Gasteiger charge is -2.23. The SMILES string of the molecule is CCC(=CC1Sc2ccc(Cl)cc2N1CS(=O)(=O)O)C=C1Sc2ccc(Cl)cc2[NH+]1CS(=O)(=O)[O-].c1ccncc1. The molecule has 3 heterocycles. The summed E-state index contributed by atoms with van der Waals surface area (Å²) in [4.78, 5) is 7.31. The van der Waals surface area contributed by atoms with Crippen molar-refractivity contribution in [3.63, 3.8) is 0 Å². The van der Waals surface area contributed by atoms with Gasteiger partial charge >= 0.3 is 0 Å². The summed E-state index contributed by atoms with van der Waals surface area (Å²) >= 11 is 15.0. The van der Waals surface area contributed by atoms with E-state index in [9.17, 15) is 25.9 Å². The molecule has 0 spiro atoms. The number of quaternary nitrogens is 1. The quantitative estimate of drug-likeness (QED) is 0.324. The van der Waals surface area contributed by atoms with Crippen molar-refractivity contribution in [1.82, 2.24) is 4.98 Å². The van der Waals surface area contributed by atoms with Gasteiger partial charge in [-0.05, 0) is 72.3 Å². The van der Waals surface area contributed by atoms with Gasteiger partial charge in [0.25, 0.3) is 10.1 Å². The van der Waals surface area contributed by atoms with Gasteiger partial charge in [0.15, 0.2) is 16.6 Å². The van der Waals surface area contributed by atoms with Gasteiger partial charge in [0.05, 0.1) is 16.0 Å². The average Bonchev–Trinajstić information content (AvgIpc) is 3.39. The Bertz CT molecular complexity index is 1660. The van der Waals surface area contributed by atoms with E-state index in [4.69, 9.17) is 23.2 Å². The van der Waals surface area contributed by atoms with Crippen LogP contribution in [0.3, 0.4) is 0 Å². The standard InChI is InChI=1S/C21H20Cl2N2O6S4.C5H5N/c1-2-13(7-20-24(11-34(26,27)28)16-9-14(22)3-5-18(16)32-20)8-21-25(12-35(29,30)31)17-10-15(23)4-6-19(17)33-21;1-2-4-6-5-3-1/h3-10,20H,2,11-12H2,1H3,(H,26,27,28)(H,29,30,31);1-5H. The Morgan fingerprint density at radius 1 is 1.07 bits per heavy atom. The van der Waals surface area contributed by atoms with Gasteiger partial charge in [0.1, 0.15) is 16.0 Å². The zero-order chi connectivity index (χ0) is 29.8. The zero-order valence-electron chi connectivity index (χ0n) is 21.5. The van der Waals surface area contributed by atoms with Crippen LogP contribution < -0.4 is 9.80 Å². The number of hydrogen-bond acceptors (Lipinski definition) is 9. The van der Waals surface area contributed by atoms with Crippen LogP contribution in [0.25, 0.3) is 0 Å². The molecule has 0 radical (unpaired) electrons. The second-order valence-electron chi connectivity index (χ2n) is 8.85. The number of rotatable bonds is 7. The highest BCUT2D eigenvalue weighted by molar-refractivity contribution is 8.03. The van der Waals surface area contributed by atoms with Gasteiger partial charge < -0.3 is 9.45 Å². The van der Waals surface area contributed by atoms with E-state index in [1.807, 2.05) is 31.2 Å². The molecule has 2 atom stereocenters.